The summed E-state index contributed by atoms with van der Waals surface area (Å²) in [6.07, 6.45) is 0.142. The van der Waals surface area contributed by atoms with E-state index in [1.807, 2.05) is 6.92 Å². The van der Waals surface area contributed by atoms with Gasteiger partial charge in [0.2, 0.25) is 0 Å². The molecule has 0 aromatic heterocycles. The van der Waals surface area contributed by atoms with Gasteiger partial charge in [0.15, 0.2) is 0 Å². The van der Waals surface area contributed by atoms with Crippen LogP contribution in [0.25, 0.3) is 0 Å². The Morgan fingerprint density at radius 1 is 1.26 bits per heavy atom. The molecule has 1 aromatic carbocycles. The Hall–Kier alpha value is -1.46. The lowest BCUT2D eigenvalue weighted by Crippen LogP contribution is -2.45. The standard InChI is InChI=1S/C14H20FNO3/c1-3-11(16-12(4-2)14(18)19)13(17)9-5-7-10(15)8-6-9/h5-8,11-13,16-17H,3-4H2,1-2H3,(H,18,19). The second-order valence-corrected chi connectivity index (χ2v) is 4.48. The molecule has 106 valence electrons. The molecule has 0 spiro atoms. The van der Waals surface area contributed by atoms with E-state index in [2.05, 4.69) is 5.32 Å². The van der Waals surface area contributed by atoms with Crippen molar-refractivity contribution in [3.8, 4) is 0 Å². The van der Waals surface area contributed by atoms with Gasteiger partial charge in [0.1, 0.15) is 11.9 Å². The maximum atomic E-state index is 12.8. The number of carbonyl (C=O) groups is 1. The van der Waals surface area contributed by atoms with Crippen LogP contribution in [0.2, 0.25) is 0 Å². The highest BCUT2D eigenvalue weighted by Gasteiger charge is 2.24. The molecule has 1 rings (SSSR count). The molecule has 1 aromatic rings. The van der Waals surface area contributed by atoms with Gasteiger partial charge in [-0.2, -0.15) is 0 Å². The van der Waals surface area contributed by atoms with Crippen LogP contribution in [0.3, 0.4) is 0 Å². The van der Waals surface area contributed by atoms with Gasteiger partial charge >= 0.3 is 5.97 Å². The van der Waals surface area contributed by atoms with Crippen LogP contribution in [0.5, 0.6) is 0 Å². The molecular formula is C14H20FNO3. The SMILES string of the molecule is CCC(NC(CC)C(O)c1ccc(F)cc1)C(=O)O. The van der Waals surface area contributed by atoms with Crippen molar-refractivity contribution in [1.29, 1.82) is 0 Å². The van der Waals surface area contributed by atoms with Crippen LogP contribution >= 0.6 is 0 Å². The summed E-state index contributed by atoms with van der Waals surface area (Å²) in [4.78, 5) is 11.0. The highest BCUT2D eigenvalue weighted by atomic mass is 19.1. The summed E-state index contributed by atoms with van der Waals surface area (Å²) < 4.78 is 12.8. The first-order chi connectivity index (χ1) is 8.99. The molecule has 0 radical (unpaired) electrons. The van der Waals surface area contributed by atoms with Gasteiger partial charge in [0, 0.05) is 6.04 Å². The molecule has 0 aliphatic heterocycles. The fourth-order valence-corrected chi connectivity index (χ4v) is 1.95. The molecule has 19 heavy (non-hydrogen) atoms. The van der Waals surface area contributed by atoms with E-state index in [9.17, 15) is 14.3 Å². The summed E-state index contributed by atoms with van der Waals surface area (Å²) in [6.45, 7) is 3.63. The maximum absolute atomic E-state index is 12.8. The zero-order chi connectivity index (χ0) is 14.4. The number of aliphatic carboxylic acids is 1. The molecule has 3 N–H and O–H groups in total. The monoisotopic (exact) mass is 269 g/mol. The summed E-state index contributed by atoms with van der Waals surface area (Å²) in [7, 11) is 0. The molecular weight excluding hydrogens is 249 g/mol. The minimum Gasteiger partial charge on any atom is -0.480 e. The number of hydrogen-bond donors (Lipinski definition) is 3. The lowest BCUT2D eigenvalue weighted by atomic mass is 9.99. The van der Waals surface area contributed by atoms with E-state index in [0.29, 0.717) is 18.4 Å². The molecule has 0 fully saturated rings. The lowest BCUT2D eigenvalue weighted by Gasteiger charge is -2.26. The molecule has 0 bridgehead atoms. The fourth-order valence-electron chi connectivity index (χ4n) is 1.95. The Labute approximate surface area is 112 Å². The highest BCUT2D eigenvalue weighted by Crippen LogP contribution is 2.20. The Morgan fingerprint density at radius 3 is 2.26 bits per heavy atom. The number of hydrogen-bond acceptors (Lipinski definition) is 3. The Balaban J connectivity index is 2.78. The molecule has 0 aliphatic carbocycles. The molecule has 0 saturated carbocycles. The minimum atomic E-state index is -0.938. The van der Waals surface area contributed by atoms with E-state index >= 15 is 0 Å². The Kier molecular flexibility index (Phi) is 5.92. The number of benzene rings is 1. The van der Waals surface area contributed by atoms with E-state index < -0.39 is 18.1 Å². The average Bonchev–Trinajstić information content (AvgIpc) is 2.40. The van der Waals surface area contributed by atoms with Crippen LogP contribution in [0.4, 0.5) is 4.39 Å². The van der Waals surface area contributed by atoms with Crippen molar-refractivity contribution in [3.63, 3.8) is 0 Å². The summed E-state index contributed by atoms with van der Waals surface area (Å²) >= 11 is 0. The Morgan fingerprint density at radius 2 is 1.84 bits per heavy atom. The molecule has 3 atom stereocenters. The number of aliphatic hydroxyl groups is 1. The second kappa shape index (κ2) is 7.21. The first kappa shape index (κ1) is 15.6. The molecule has 0 aliphatic rings. The van der Waals surface area contributed by atoms with Gasteiger partial charge < -0.3 is 10.2 Å². The highest BCUT2D eigenvalue weighted by molar-refractivity contribution is 5.73. The summed E-state index contributed by atoms with van der Waals surface area (Å²) in [5, 5.41) is 22.2. The molecule has 0 saturated heterocycles. The first-order valence-corrected chi connectivity index (χ1v) is 6.42. The molecule has 4 nitrogen and oxygen atoms in total. The number of halogens is 1. The normalized spacial score (nSPS) is 15.8. The van der Waals surface area contributed by atoms with E-state index in [1.165, 1.54) is 24.3 Å². The number of aliphatic hydroxyl groups excluding tert-OH is 1. The van der Waals surface area contributed by atoms with Crippen LogP contribution in [-0.2, 0) is 4.79 Å². The van der Waals surface area contributed by atoms with E-state index in [1.54, 1.807) is 6.92 Å². The third kappa shape index (κ3) is 4.29. The van der Waals surface area contributed by atoms with E-state index in [4.69, 9.17) is 5.11 Å². The summed E-state index contributed by atoms with van der Waals surface area (Å²) in [5.41, 5.74) is 0.570. The van der Waals surface area contributed by atoms with E-state index in [-0.39, 0.29) is 11.9 Å². The number of carboxylic acids is 1. The van der Waals surface area contributed by atoms with Crippen LogP contribution in [0.15, 0.2) is 24.3 Å². The van der Waals surface area contributed by atoms with Crippen molar-refractivity contribution >= 4 is 5.97 Å². The van der Waals surface area contributed by atoms with Gasteiger partial charge in [-0.05, 0) is 30.5 Å². The predicted octanol–water partition coefficient (Wildman–Crippen LogP) is 2.09. The van der Waals surface area contributed by atoms with Crippen molar-refractivity contribution < 1.29 is 19.4 Å². The van der Waals surface area contributed by atoms with Crippen molar-refractivity contribution in [3.05, 3.63) is 35.6 Å². The minimum absolute atomic E-state index is 0.367. The summed E-state index contributed by atoms with van der Waals surface area (Å²) in [6, 6.07) is 4.49. The van der Waals surface area contributed by atoms with Crippen molar-refractivity contribution in [2.24, 2.45) is 0 Å². The van der Waals surface area contributed by atoms with Gasteiger partial charge in [-0.25, -0.2) is 4.39 Å². The quantitative estimate of drug-likeness (QED) is 0.709. The summed E-state index contributed by atoms with van der Waals surface area (Å²) in [5.74, 6) is -1.30. The number of carboxylic acid groups (broad SMARTS) is 1. The van der Waals surface area contributed by atoms with Gasteiger partial charge in [0.05, 0.1) is 6.10 Å². The third-order valence-electron chi connectivity index (χ3n) is 3.15. The van der Waals surface area contributed by atoms with Gasteiger partial charge in [-0.1, -0.05) is 26.0 Å². The third-order valence-corrected chi connectivity index (χ3v) is 3.15. The van der Waals surface area contributed by atoms with Gasteiger partial charge in [0.25, 0.3) is 0 Å². The van der Waals surface area contributed by atoms with Crippen molar-refractivity contribution in [2.75, 3.05) is 0 Å². The van der Waals surface area contributed by atoms with Crippen molar-refractivity contribution in [2.45, 2.75) is 44.9 Å². The Bertz CT molecular complexity index is 408. The molecule has 0 amide bonds. The molecule has 5 heteroatoms. The number of nitrogens with one attached hydrogen (secondary N) is 1. The smallest absolute Gasteiger partial charge is 0.320 e. The molecule has 0 heterocycles. The zero-order valence-electron chi connectivity index (χ0n) is 11.1. The van der Waals surface area contributed by atoms with Gasteiger partial charge in [-0.15, -0.1) is 0 Å². The second-order valence-electron chi connectivity index (χ2n) is 4.48. The van der Waals surface area contributed by atoms with Crippen molar-refractivity contribution in [1.82, 2.24) is 5.32 Å². The molecule has 3 unspecified atom stereocenters. The maximum Gasteiger partial charge on any atom is 0.320 e. The van der Waals surface area contributed by atoms with Gasteiger partial charge in [-0.3, -0.25) is 10.1 Å². The lowest BCUT2D eigenvalue weighted by molar-refractivity contribution is -0.140. The topological polar surface area (TPSA) is 69.6 Å². The fraction of sp³-hybridized carbons (Fsp3) is 0.500. The average molecular weight is 269 g/mol. The van der Waals surface area contributed by atoms with Crippen LogP contribution in [0, 0.1) is 5.82 Å². The first-order valence-electron chi connectivity index (χ1n) is 6.42. The zero-order valence-corrected chi connectivity index (χ0v) is 11.1. The predicted molar refractivity (Wildman–Crippen MR) is 70.3 cm³/mol. The largest absolute Gasteiger partial charge is 0.480 e. The van der Waals surface area contributed by atoms with Crippen LogP contribution in [-0.4, -0.2) is 28.3 Å². The van der Waals surface area contributed by atoms with E-state index in [0.717, 1.165) is 0 Å². The number of rotatable bonds is 7. The van der Waals surface area contributed by atoms with Crippen LogP contribution in [0.1, 0.15) is 38.4 Å². The van der Waals surface area contributed by atoms with Crippen LogP contribution < -0.4 is 5.32 Å².